The molecular weight excluding hydrogens is 177 g/mol. The van der Waals surface area contributed by atoms with Gasteiger partial charge in [-0.25, -0.2) is 0 Å². The van der Waals surface area contributed by atoms with E-state index in [1.54, 1.807) is 0 Å². The molecule has 1 rings (SSSR count). The zero-order valence-electron chi connectivity index (χ0n) is 7.04. The summed E-state index contributed by atoms with van der Waals surface area (Å²) in [7, 11) is 0. The smallest absolute Gasteiger partial charge is 0.137 e. The van der Waals surface area contributed by atoms with Gasteiger partial charge in [0.25, 0.3) is 0 Å². The van der Waals surface area contributed by atoms with Gasteiger partial charge in [0, 0.05) is 24.4 Å². The molecule has 1 heterocycles. The van der Waals surface area contributed by atoms with Crippen LogP contribution in [0.15, 0.2) is 0 Å². The maximum absolute atomic E-state index is 11.8. The first kappa shape index (κ1) is 9.99. The van der Waals surface area contributed by atoms with E-state index >= 15 is 0 Å². The number of rotatable bonds is 4. The van der Waals surface area contributed by atoms with Gasteiger partial charge in [-0.2, -0.15) is 3.89 Å². The van der Waals surface area contributed by atoms with Crippen LogP contribution >= 0.6 is 12.1 Å². The van der Waals surface area contributed by atoms with Crippen molar-refractivity contribution in [1.82, 2.24) is 4.90 Å². The van der Waals surface area contributed by atoms with E-state index in [2.05, 4.69) is 4.90 Å². The van der Waals surface area contributed by atoms with E-state index in [4.69, 9.17) is 0 Å². The molecule has 1 saturated heterocycles. The molecule has 0 aromatic carbocycles. The molecule has 4 heteroatoms. The standard InChI is InChI=1S/C8H14FNOS/c9-12-6-5-10-4-2-1-3-8(10)7-11/h7-8H,1-6H2. The summed E-state index contributed by atoms with van der Waals surface area (Å²) in [5.41, 5.74) is 0. The van der Waals surface area contributed by atoms with Crippen molar-refractivity contribution in [3.05, 3.63) is 0 Å². The molecule has 1 unspecified atom stereocenters. The van der Waals surface area contributed by atoms with Gasteiger partial charge >= 0.3 is 0 Å². The van der Waals surface area contributed by atoms with Crippen LogP contribution in [0.25, 0.3) is 0 Å². The molecule has 1 fully saturated rings. The van der Waals surface area contributed by atoms with Gasteiger partial charge in [-0.3, -0.25) is 4.90 Å². The van der Waals surface area contributed by atoms with Gasteiger partial charge in [0.2, 0.25) is 0 Å². The van der Waals surface area contributed by atoms with Crippen LogP contribution < -0.4 is 0 Å². The Morgan fingerprint density at radius 1 is 1.58 bits per heavy atom. The van der Waals surface area contributed by atoms with Gasteiger partial charge in [0.1, 0.15) is 6.29 Å². The number of hydrogen-bond acceptors (Lipinski definition) is 3. The van der Waals surface area contributed by atoms with E-state index in [0.717, 1.165) is 32.1 Å². The minimum atomic E-state index is 0.0471. The summed E-state index contributed by atoms with van der Waals surface area (Å²) in [5, 5.41) is 0. The van der Waals surface area contributed by atoms with Gasteiger partial charge in [-0.05, 0) is 19.4 Å². The van der Waals surface area contributed by atoms with Crippen LogP contribution in [0.2, 0.25) is 0 Å². The number of nitrogens with zero attached hydrogens (tertiary/aromatic N) is 1. The Bertz CT molecular complexity index is 145. The van der Waals surface area contributed by atoms with E-state index in [1.165, 1.54) is 0 Å². The lowest BCUT2D eigenvalue weighted by Gasteiger charge is -2.31. The van der Waals surface area contributed by atoms with E-state index < -0.39 is 0 Å². The molecule has 1 atom stereocenters. The summed E-state index contributed by atoms with van der Waals surface area (Å²) in [6.07, 6.45) is 4.20. The average Bonchev–Trinajstić information content (AvgIpc) is 2.15. The van der Waals surface area contributed by atoms with E-state index in [9.17, 15) is 8.68 Å². The fraction of sp³-hybridized carbons (Fsp3) is 0.875. The van der Waals surface area contributed by atoms with Crippen molar-refractivity contribution >= 4 is 18.4 Å². The zero-order valence-corrected chi connectivity index (χ0v) is 7.86. The number of piperidine rings is 1. The average molecular weight is 191 g/mol. The number of likely N-dealkylation sites (tertiary alicyclic amines) is 1. The SMILES string of the molecule is O=CC1CCCCN1CCSF. The highest BCUT2D eigenvalue weighted by Crippen LogP contribution is 2.15. The minimum Gasteiger partial charge on any atom is -0.302 e. The third kappa shape index (κ3) is 2.75. The Morgan fingerprint density at radius 3 is 3.08 bits per heavy atom. The van der Waals surface area contributed by atoms with Crippen LogP contribution in [-0.4, -0.2) is 36.1 Å². The largest absolute Gasteiger partial charge is 0.302 e. The number of carbonyl (C=O) groups is 1. The second-order valence-corrected chi connectivity index (χ2v) is 3.67. The quantitative estimate of drug-likeness (QED) is 0.630. The molecule has 0 spiro atoms. The first-order valence-corrected chi connectivity index (χ1v) is 5.20. The summed E-state index contributed by atoms with van der Waals surface area (Å²) in [6, 6.07) is 0.0471. The monoisotopic (exact) mass is 191 g/mol. The third-order valence-electron chi connectivity index (χ3n) is 2.28. The van der Waals surface area contributed by atoms with Gasteiger partial charge in [0.15, 0.2) is 0 Å². The fourth-order valence-electron chi connectivity index (χ4n) is 1.60. The molecular formula is C8H14FNOS. The molecule has 2 nitrogen and oxygen atoms in total. The van der Waals surface area contributed by atoms with Gasteiger partial charge in [0.05, 0.1) is 6.04 Å². The molecule has 0 saturated carbocycles. The second-order valence-electron chi connectivity index (χ2n) is 3.05. The summed E-state index contributed by atoms with van der Waals surface area (Å²) in [5.74, 6) is 0.477. The normalized spacial score (nSPS) is 25.6. The Morgan fingerprint density at radius 2 is 2.42 bits per heavy atom. The molecule has 70 valence electrons. The van der Waals surface area contributed by atoms with Crippen LogP contribution in [0, 0.1) is 0 Å². The van der Waals surface area contributed by atoms with Crippen molar-refractivity contribution in [1.29, 1.82) is 0 Å². The van der Waals surface area contributed by atoms with Crippen LogP contribution in [0.5, 0.6) is 0 Å². The zero-order chi connectivity index (χ0) is 8.81. The van der Waals surface area contributed by atoms with E-state index in [1.807, 2.05) is 0 Å². The molecule has 0 amide bonds. The molecule has 0 aliphatic carbocycles. The van der Waals surface area contributed by atoms with Crippen molar-refractivity contribution in [3.63, 3.8) is 0 Å². The first-order chi connectivity index (χ1) is 5.88. The number of carbonyl (C=O) groups excluding carboxylic acids is 1. The summed E-state index contributed by atoms with van der Waals surface area (Å²) in [4.78, 5) is 12.7. The number of hydrogen-bond donors (Lipinski definition) is 0. The van der Waals surface area contributed by atoms with Gasteiger partial charge in [-0.15, -0.1) is 0 Å². The van der Waals surface area contributed by atoms with Gasteiger partial charge in [-0.1, -0.05) is 6.42 Å². The number of aldehydes is 1. The summed E-state index contributed by atoms with van der Waals surface area (Å²) >= 11 is 0.350. The molecule has 12 heavy (non-hydrogen) atoms. The van der Waals surface area contributed by atoms with Crippen molar-refractivity contribution in [2.24, 2.45) is 0 Å². The Hall–Kier alpha value is -0.0900. The highest BCUT2D eigenvalue weighted by atomic mass is 32.2. The lowest BCUT2D eigenvalue weighted by atomic mass is 10.0. The van der Waals surface area contributed by atoms with Crippen molar-refractivity contribution in [2.75, 3.05) is 18.8 Å². The lowest BCUT2D eigenvalue weighted by molar-refractivity contribution is -0.113. The molecule has 0 N–H and O–H groups in total. The molecule has 1 aliphatic heterocycles. The maximum atomic E-state index is 11.8. The predicted octanol–water partition coefficient (Wildman–Crippen LogP) is 1.66. The van der Waals surface area contributed by atoms with Crippen LogP contribution in [0.3, 0.4) is 0 Å². The van der Waals surface area contributed by atoms with E-state index in [0.29, 0.717) is 24.4 Å². The maximum Gasteiger partial charge on any atom is 0.137 e. The summed E-state index contributed by atoms with van der Waals surface area (Å²) in [6.45, 7) is 1.65. The fourth-order valence-corrected chi connectivity index (χ4v) is 1.90. The van der Waals surface area contributed by atoms with Gasteiger partial charge < -0.3 is 4.79 Å². The lowest BCUT2D eigenvalue weighted by Crippen LogP contribution is -2.41. The predicted molar refractivity (Wildman–Crippen MR) is 48.8 cm³/mol. The van der Waals surface area contributed by atoms with Crippen molar-refractivity contribution in [2.45, 2.75) is 25.3 Å². The highest BCUT2D eigenvalue weighted by Gasteiger charge is 2.20. The molecule has 0 aromatic rings. The van der Waals surface area contributed by atoms with Crippen molar-refractivity contribution in [3.8, 4) is 0 Å². The molecule has 0 aromatic heterocycles. The second kappa shape index (κ2) is 5.54. The van der Waals surface area contributed by atoms with Crippen LogP contribution in [0.1, 0.15) is 19.3 Å². The topological polar surface area (TPSA) is 20.3 Å². The minimum absolute atomic E-state index is 0.0471. The molecule has 0 radical (unpaired) electrons. The van der Waals surface area contributed by atoms with E-state index in [-0.39, 0.29) is 6.04 Å². The Balaban J connectivity index is 2.31. The Labute approximate surface area is 76.8 Å². The highest BCUT2D eigenvalue weighted by molar-refractivity contribution is 7.94. The molecule has 0 bridgehead atoms. The van der Waals surface area contributed by atoms with Crippen LogP contribution in [-0.2, 0) is 4.79 Å². The molecule has 1 aliphatic rings. The third-order valence-corrected chi connectivity index (χ3v) is 2.61. The first-order valence-electron chi connectivity index (χ1n) is 4.31. The Kier molecular flexibility index (Phi) is 4.61. The number of halogens is 1. The van der Waals surface area contributed by atoms with Crippen LogP contribution in [0.4, 0.5) is 3.89 Å². The van der Waals surface area contributed by atoms with Crippen molar-refractivity contribution < 1.29 is 8.68 Å². The summed E-state index contributed by atoms with van der Waals surface area (Å²) < 4.78 is 11.8.